The summed E-state index contributed by atoms with van der Waals surface area (Å²) in [4.78, 5) is 0. The van der Waals surface area contributed by atoms with Crippen LogP contribution in [0.5, 0.6) is 0 Å². The van der Waals surface area contributed by atoms with Crippen molar-refractivity contribution in [2.75, 3.05) is 20.4 Å². The molecule has 8 heteroatoms. The SMILES string of the molecule is COP(=O)(CC(=C(c1ccc(F)cc1)c1ccc(F)cc1)C(F)F)OC. The summed E-state index contributed by atoms with van der Waals surface area (Å²) in [6.07, 6.45) is -3.65. The Morgan fingerprint density at radius 3 is 1.58 bits per heavy atom. The number of benzene rings is 2. The Morgan fingerprint density at radius 1 is 0.885 bits per heavy atom. The highest BCUT2D eigenvalue weighted by atomic mass is 31.2. The molecule has 0 spiro atoms. The molecule has 0 unspecified atom stereocenters. The third-order valence-electron chi connectivity index (χ3n) is 3.77. The van der Waals surface area contributed by atoms with E-state index < -0.39 is 37.4 Å². The molecule has 0 saturated carbocycles. The zero-order valence-corrected chi connectivity index (χ0v) is 15.0. The Kier molecular flexibility index (Phi) is 6.75. The summed E-state index contributed by atoms with van der Waals surface area (Å²) in [5, 5.41) is 0. The molecule has 0 amide bonds. The zero-order chi connectivity index (χ0) is 19.3. The van der Waals surface area contributed by atoms with Gasteiger partial charge in [-0.1, -0.05) is 24.3 Å². The number of hydrogen-bond acceptors (Lipinski definition) is 3. The summed E-state index contributed by atoms with van der Waals surface area (Å²) >= 11 is 0. The maximum Gasteiger partial charge on any atom is 0.334 e. The number of rotatable bonds is 7. The van der Waals surface area contributed by atoms with Gasteiger partial charge in [-0.25, -0.2) is 17.6 Å². The molecule has 0 atom stereocenters. The van der Waals surface area contributed by atoms with Crippen LogP contribution in [0.15, 0.2) is 54.1 Å². The van der Waals surface area contributed by atoms with Crippen LogP contribution in [-0.4, -0.2) is 26.8 Å². The Bertz CT molecular complexity index is 762. The largest absolute Gasteiger partial charge is 0.334 e. The predicted octanol–water partition coefficient (Wildman–Crippen LogP) is 5.52. The standard InChI is InChI=1S/C18H17F4O3P/c1-24-26(23,25-2)11-16(18(21)22)17(12-3-7-14(19)8-4-12)13-5-9-15(20)10-6-13/h3-10,18H,11H2,1-2H3. The molecular weight excluding hydrogens is 371 g/mol. The fraction of sp³-hybridized carbons (Fsp3) is 0.222. The molecule has 0 aliphatic rings. The third kappa shape index (κ3) is 4.81. The first-order valence-corrected chi connectivity index (χ1v) is 9.26. The Balaban J connectivity index is 2.72. The second-order valence-corrected chi connectivity index (χ2v) is 7.62. The van der Waals surface area contributed by atoms with Crippen molar-refractivity contribution in [1.29, 1.82) is 0 Å². The van der Waals surface area contributed by atoms with Gasteiger partial charge in [-0.2, -0.15) is 0 Å². The van der Waals surface area contributed by atoms with Crippen molar-refractivity contribution in [3.63, 3.8) is 0 Å². The number of hydrogen-bond donors (Lipinski definition) is 0. The summed E-state index contributed by atoms with van der Waals surface area (Å²) in [5.74, 6) is -1.07. The van der Waals surface area contributed by atoms with Crippen molar-refractivity contribution in [1.82, 2.24) is 0 Å². The van der Waals surface area contributed by atoms with E-state index >= 15 is 0 Å². The van der Waals surface area contributed by atoms with Gasteiger partial charge in [-0.05, 0) is 41.0 Å². The third-order valence-corrected chi connectivity index (χ3v) is 5.61. The lowest BCUT2D eigenvalue weighted by Crippen LogP contribution is -2.10. The fourth-order valence-electron chi connectivity index (χ4n) is 2.44. The van der Waals surface area contributed by atoms with Crippen molar-refractivity contribution >= 4 is 13.2 Å². The van der Waals surface area contributed by atoms with Gasteiger partial charge in [0.05, 0.1) is 6.16 Å². The fourth-order valence-corrected chi connectivity index (χ4v) is 3.56. The first kappa shape index (κ1) is 20.4. The smallest absolute Gasteiger partial charge is 0.312 e. The molecule has 0 fully saturated rings. The van der Waals surface area contributed by atoms with Crippen LogP contribution < -0.4 is 0 Å². The van der Waals surface area contributed by atoms with Crippen molar-refractivity contribution in [3.05, 3.63) is 76.9 Å². The van der Waals surface area contributed by atoms with E-state index in [1.54, 1.807) is 0 Å². The minimum atomic E-state index is -3.79. The van der Waals surface area contributed by atoms with Crippen LogP contribution in [0.3, 0.4) is 0 Å². The molecule has 3 nitrogen and oxygen atoms in total. The summed E-state index contributed by atoms with van der Waals surface area (Å²) in [7, 11) is -1.59. The summed E-state index contributed by atoms with van der Waals surface area (Å²) in [6, 6.07) is 9.76. The monoisotopic (exact) mass is 388 g/mol. The molecule has 26 heavy (non-hydrogen) atoms. The minimum absolute atomic E-state index is 0.0225. The second-order valence-electron chi connectivity index (χ2n) is 5.35. The Morgan fingerprint density at radius 2 is 1.27 bits per heavy atom. The topological polar surface area (TPSA) is 35.5 Å². The summed E-state index contributed by atoms with van der Waals surface area (Å²) < 4.78 is 76.1. The lowest BCUT2D eigenvalue weighted by Gasteiger charge is -2.20. The average Bonchev–Trinajstić information content (AvgIpc) is 2.63. The van der Waals surface area contributed by atoms with Crippen LogP contribution >= 0.6 is 7.60 Å². The molecule has 0 radical (unpaired) electrons. The number of allylic oxidation sites excluding steroid dienone is 1. The van der Waals surface area contributed by atoms with E-state index in [-0.39, 0.29) is 16.7 Å². The van der Waals surface area contributed by atoms with Gasteiger partial charge in [0.2, 0.25) is 0 Å². The van der Waals surface area contributed by atoms with E-state index in [1.165, 1.54) is 24.3 Å². The van der Waals surface area contributed by atoms with Crippen LogP contribution in [0.4, 0.5) is 17.6 Å². The lowest BCUT2D eigenvalue weighted by molar-refractivity contribution is 0.188. The Hall–Kier alpha value is -1.95. The van der Waals surface area contributed by atoms with Gasteiger partial charge in [0.15, 0.2) is 0 Å². The first-order chi connectivity index (χ1) is 12.3. The van der Waals surface area contributed by atoms with Crippen molar-refractivity contribution < 1.29 is 31.2 Å². The quantitative estimate of drug-likeness (QED) is 0.463. The van der Waals surface area contributed by atoms with E-state index in [0.29, 0.717) is 0 Å². The second kappa shape index (κ2) is 8.62. The molecule has 0 bridgehead atoms. The summed E-state index contributed by atoms with van der Waals surface area (Å²) in [5.41, 5.74) is 0.0590. The van der Waals surface area contributed by atoms with Gasteiger partial charge in [-0.15, -0.1) is 0 Å². The van der Waals surface area contributed by atoms with E-state index in [2.05, 4.69) is 0 Å². The molecule has 0 aliphatic carbocycles. The predicted molar refractivity (Wildman–Crippen MR) is 91.3 cm³/mol. The molecule has 2 aromatic carbocycles. The highest BCUT2D eigenvalue weighted by Gasteiger charge is 2.30. The molecular formula is C18H17F4O3P. The average molecular weight is 388 g/mol. The highest BCUT2D eigenvalue weighted by molar-refractivity contribution is 7.54. The Labute approximate surface area is 148 Å². The molecule has 0 N–H and O–H groups in total. The van der Waals surface area contributed by atoms with E-state index in [4.69, 9.17) is 9.05 Å². The molecule has 140 valence electrons. The normalized spacial score (nSPS) is 11.7. The summed E-state index contributed by atoms with van der Waals surface area (Å²) in [6.45, 7) is 0. The van der Waals surface area contributed by atoms with Crippen molar-refractivity contribution in [2.24, 2.45) is 0 Å². The molecule has 0 saturated heterocycles. The molecule has 2 aromatic rings. The van der Waals surface area contributed by atoms with Crippen LogP contribution in [0.2, 0.25) is 0 Å². The van der Waals surface area contributed by atoms with E-state index in [1.807, 2.05) is 0 Å². The molecule has 0 heterocycles. The van der Waals surface area contributed by atoms with Gasteiger partial charge in [-0.3, -0.25) is 4.57 Å². The van der Waals surface area contributed by atoms with Gasteiger partial charge in [0, 0.05) is 19.8 Å². The maximum atomic E-state index is 13.8. The van der Waals surface area contributed by atoms with Crippen LogP contribution in [0.1, 0.15) is 11.1 Å². The van der Waals surface area contributed by atoms with Gasteiger partial charge in [0.1, 0.15) is 11.6 Å². The van der Waals surface area contributed by atoms with Crippen molar-refractivity contribution in [3.8, 4) is 0 Å². The lowest BCUT2D eigenvalue weighted by atomic mass is 9.93. The van der Waals surface area contributed by atoms with Crippen LogP contribution in [0, 0.1) is 11.6 Å². The minimum Gasteiger partial charge on any atom is -0.312 e. The zero-order valence-electron chi connectivity index (χ0n) is 14.1. The number of halogens is 4. The van der Waals surface area contributed by atoms with Gasteiger partial charge < -0.3 is 9.05 Å². The first-order valence-electron chi connectivity index (χ1n) is 7.53. The van der Waals surface area contributed by atoms with Crippen LogP contribution in [0.25, 0.3) is 5.57 Å². The van der Waals surface area contributed by atoms with Crippen LogP contribution in [-0.2, 0) is 13.6 Å². The van der Waals surface area contributed by atoms with Gasteiger partial charge >= 0.3 is 7.60 Å². The van der Waals surface area contributed by atoms with Gasteiger partial charge in [0.25, 0.3) is 6.43 Å². The van der Waals surface area contributed by atoms with E-state index in [9.17, 15) is 22.1 Å². The molecule has 0 aliphatic heterocycles. The number of alkyl halides is 2. The molecule has 2 rings (SSSR count). The van der Waals surface area contributed by atoms with Crippen molar-refractivity contribution in [2.45, 2.75) is 6.43 Å². The molecule has 0 aromatic heterocycles. The highest BCUT2D eigenvalue weighted by Crippen LogP contribution is 2.50. The maximum absolute atomic E-state index is 13.8. The van der Waals surface area contributed by atoms with E-state index in [0.717, 1.165) is 38.5 Å².